The van der Waals surface area contributed by atoms with Gasteiger partial charge in [0.25, 0.3) is 15.9 Å². The highest BCUT2D eigenvalue weighted by Crippen LogP contribution is 2.28. The number of benzene rings is 1. The van der Waals surface area contributed by atoms with Gasteiger partial charge in [-0.1, -0.05) is 29.8 Å². The summed E-state index contributed by atoms with van der Waals surface area (Å²) in [6.07, 6.45) is 0. The highest BCUT2D eigenvalue weighted by molar-refractivity contribution is 7.91. The number of hydrogen-bond donors (Lipinski definition) is 1. The molecule has 140 valence electrons. The third kappa shape index (κ3) is 4.27. The van der Waals surface area contributed by atoms with Gasteiger partial charge in [-0.2, -0.15) is 4.31 Å². The predicted molar refractivity (Wildman–Crippen MR) is 104 cm³/mol. The summed E-state index contributed by atoms with van der Waals surface area (Å²) in [6.45, 7) is 2.36. The van der Waals surface area contributed by atoms with Crippen molar-refractivity contribution in [2.24, 2.45) is 0 Å². The second kappa shape index (κ2) is 8.06. The van der Waals surface area contributed by atoms with Crippen molar-refractivity contribution in [3.8, 4) is 0 Å². The van der Waals surface area contributed by atoms with Crippen LogP contribution in [0.3, 0.4) is 0 Å². The highest BCUT2D eigenvalue weighted by atomic mass is 35.5. The van der Waals surface area contributed by atoms with E-state index in [9.17, 15) is 13.2 Å². The van der Waals surface area contributed by atoms with Crippen LogP contribution >= 0.6 is 22.9 Å². The van der Waals surface area contributed by atoms with Gasteiger partial charge in [0.2, 0.25) is 0 Å². The first-order valence-electron chi connectivity index (χ1n) is 8.28. The van der Waals surface area contributed by atoms with Gasteiger partial charge in [0.1, 0.15) is 4.21 Å². The molecule has 0 bridgehead atoms. The van der Waals surface area contributed by atoms with Gasteiger partial charge in [0, 0.05) is 12.7 Å². The maximum atomic E-state index is 12.6. The summed E-state index contributed by atoms with van der Waals surface area (Å²) in [5.74, 6) is 0.0209. The zero-order valence-electron chi connectivity index (χ0n) is 14.4. The van der Waals surface area contributed by atoms with E-state index in [0.29, 0.717) is 37.1 Å². The number of thiophene rings is 1. The summed E-state index contributed by atoms with van der Waals surface area (Å²) in [4.78, 5) is 15.2. The largest absolute Gasteiger partial charge is 0.325 e. The van der Waals surface area contributed by atoms with Crippen LogP contribution in [0.4, 0.5) is 5.69 Å². The van der Waals surface area contributed by atoms with Crippen LogP contribution in [0.2, 0.25) is 4.34 Å². The Morgan fingerprint density at radius 1 is 1.19 bits per heavy atom. The molecule has 1 aliphatic heterocycles. The van der Waals surface area contributed by atoms with Crippen molar-refractivity contribution < 1.29 is 18.1 Å². The van der Waals surface area contributed by atoms with Crippen LogP contribution in [0, 0.1) is 0 Å². The summed E-state index contributed by atoms with van der Waals surface area (Å²) >= 11 is 6.92. The zero-order chi connectivity index (χ0) is 18.7. The van der Waals surface area contributed by atoms with Gasteiger partial charge in [0.15, 0.2) is 6.54 Å². The summed E-state index contributed by atoms with van der Waals surface area (Å²) in [6, 6.07) is 12.6. The first-order chi connectivity index (χ1) is 12.4. The quantitative estimate of drug-likeness (QED) is 0.792. The lowest BCUT2D eigenvalue weighted by atomic mass is 10.3. The number of anilines is 1. The summed E-state index contributed by atoms with van der Waals surface area (Å²) in [5, 5.41) is 0. The molecule has 9 heteroatoms. The number of rotatable bonds is 5. The maximum absolute atomic E-state index is 12.6. The van der Waals surface area contributed by atoms with E-state index in [-0.39, 0.29) is 10.1 Å². The Labute approximate surface area is 162 Å². The summed E-state index contributed by atoms with van der Waals surface area (Å²) < 4.78 is 27.4. The molecule has 26 heavy (non-hydrogen) atoms. The molecule has 0 aliphatic carbocycles. The molecule has 0 unspecified atom stereocenters. The Kier molecular flexibility index (Phi) is 5.99. The van der Waals surface area contributed by atoms with Crippen LogP contribution in [0.5, 0.6) is 0 Å². The molecule has 0 radical (unpaired) electrons. The fourth-order valence-electron chi connectivity index (χ4n) is 2.91. The van der Waals surface area contributed by atoms with E-state index in [1.54, 1.807) is 24.1 Å². The molecular formula is C17H21ClN3O3S2+. The van der Waals surface area contributed by atoms with Gasteiger partial charge < -0.3 is 9.80 Å². The van der Waals surface area contributed by atoms with Crippen molar-refractivity contribution in [2.45, 2.75) is 4.21 Å². The smallest absolute Gasteiger partial charge is 0.281 e. The van der Waals surface area contributed by atoms with Crippen molar-refractivity contribution in [3.05, 3.63) is 46.8 Å². The lowest BCUT2D eigenvalue weighted by Crippen LogP contribution is -3.15. The molecule has 6 nitrogen and oxygen atoms in total. The van der Waals surface area contributed by atoms with Gasteiger partial charge in [-0.05, 0) is 24.3 Å². The van der Waals surface area contributed by atoms with E-state index in [1.807, 2.05) is 30.3 Å². The standard InChI is InChI=1S/C17H20ClN3O3S2/c1-19(14-5-3-2-4-6-14)16(22)13-20-9-11-21(12-10-20)26(23,24)17-8-7-15(18)25-17/h2-8H,9-13H2,1H3/p+1. The lowest BCUT2D eigenvalue weighted by molar-refractivity contribution is -0.895. The minimum absolute atomic E-state index is 0.0209. The van der Waals surface area contributed by atoms with Crippen LogP contribution in [0.1, 0.15) is 0 Å². The number of piperazine rings is 1. The molecule has 1 aliphatic rings. The fourth-order valence-corrected chi connectivity index (χ4v) is 5.99. The molecule has 3 rings (SSSR count). The molecule has 2 heterocycles. The van der Waals surface area contributed by atoms with E-state index in [0.717, 1.165) is 21.9 Å². The zero-order valence-corrected chi connectivity index (χ0v) is 16.8. The van der Waals surface area contributed by atoms with E-state index >= 15 is 0 Å². The topological polar surface area (TPSA) is 62.1 Å². The monoisotopic (exact) mass is 414 g/mol. The first kappa shape index (κ1) is 19.3. The number of sulfonamides is 1. The van der Waals surface area contributed by atoms with Crippen molar-refractivity contribution in [2.75, 3.05) is 44.7 Å². The number of likely N-dealkylation sites (N-methyl/N-ethyl adjacent to an activating group) is 1. The number of halogens is 1. The minimum Gasteiger partial charge on any atom is -0.325 e. The molecule has 1 fully saturated rings. The molecule has 2 aromatic rings. The van der Waals surface area contributed by atoms with Crippen molar-refractivity contribution in [1.82, 2.24) is 4.31 Å². The maximum Gasteiger partial charge on any atom is 0.281 e. The van der Waals surface area contributed by atoms with Crippen LogP contribution < -0.4 is 9.80 Å². The second-order valence-corrected chi connectivity index (χ2v) is 10.1. The Morgan fingerprint density at radius 3 is 2.42 bits per heavy atom. The Bertz CT molecular complexity index is 862. The number of para-hydroxylation sites is 1. The average molecular weight is 415 g/mol. The van der Waals surface area contributed by atoms with Crippen molar-refractivity contribution in [3.63, 3.8) is 0 Å². The fraction of sp³-hybridized carbons (Fsp3) is 0.353. The van der Waals surface area contributed by atoms with Crippen molar-refractivity contribution in [1.29, 1.82) is 0 Å². The number of nitrogens with one attached hydrogen (secondary N) is 1. The number of quaternary nitrogens is 1. The van der Waals surface area contributed by atoms with Crippen LogP contribution in [0.15, 0.2) is 46.7 Å². The molecule has 1 saturated heterocycles. The second-order valence-electron chi connectivity index (χ2n) is 6.18. The van der Waals surface area contributed by atoms with Gasteiger partial charge in [-0.25, -0.2) is 8.42 Å². The lowest BCUT2D eigenvalue weighted by Gasteiger charge is -2.31. The number of carbonyl (C=O) groups excluding carboxylic acids is 1. The first-order valence-corrected chi connectivity index (χ1v) is 10.9. The molecule has 1 aromatic heterocycles. The molecule has 0 saturated carbocycles. The number of hydrogen-bond acceptors (Lipinski definition) is 4. The third-order valence-electron chi connectivity index (χ3n) is 4.49. The van der Waals surface area contributed by atoms with Crippen molar-refractivity contribution >= 4 is 44.6 Å². The van der Waals surface area contributed by atoms with Gasteiger partial charge >= 0.3 is 0 Å². The normalized spacial score (nSPS) is 16.5. The van der Waals surface area contributed by atoms with E-state index in [2.05, 4.69) is 0 Å². The number of carbonyl (C=O) groups is 1. The Morgan fingerprint density at radius 2 is 1.85 bits per heavy atom. The van der Waals surface area contributed by atoms with E-state index in [4.69, 9.17) is 11.6 Å². The number of amides is 1. The SMILES string of the molecule is CN(C(=O)C[NH+]1CCN(S(=O)(=O)c2ccc(Cl)s2)CC1)c1ccccc1. The molecule has 1 N–H and O–H groups in total. The van der Waals surface area contributed by atoms with Gasteiger partial charge in [0.05, 0.1) is 30.5 Å². The van der Waals surface area contributed by atoms with Crippen LogP contribution in [-0.4, -0.2) is 58.4 Å². The highest BCUT2D eigenvalue weighted by Gasteiger charge is 2.32. The number of nitrogens with zero attached hydrogens (tertiary/aromatic N) is 2. The Hall–Kier alpha value is -1.45. The minimum atomic E-state index is -3.49. The van der Waals surface area contributed by atoms with E-state index in [1.165, 1.54) is 4.31 Å². The van der Waals surface area contributed by atoms with E-state index < -0.39 is 10.0 Å². The van der Waals surface area contributed by atoms with Crippen LogP contribution in [-0.2, 0) is 14.8 Å². The molecular weight excluding hydrogens is 394 g/mol. The molecule has 0 atom stereocenters. The summed E-state index contributed by atoms with van der Waals surface area (Å²) in [5.41, 5.74) is 0.854. The molecule has 1 aromatic carbocycles. The van der Waals surface area contributed by atoms with Gasteiger partial charge in [-0.15, -0.1) is 11.3 Å². The van der Waals surface area contributed by atoms with Crippen LogP contribution in [0.25, 0.3) is 0 Å². The molecule has 1 amide bonds. The Balaban J connectivity index is 1.56. The molecule has 0 spiro atoms. The summed E-state index contributed by atoms with van der Waals surface area (Å²) in [7, 11) is -1.73. The average Bonchev–Trinajstić information content (AvgIpc) is 3.09. The van der Waals surface area contributed by atoms with Gasteiger partial charge in [-0.3, -0.25) is 4.79 Å². The third-order valence-corrected chi connectivity index (χ3v) is 8.09. The predicted octanol–water partition coefficient (Wildman–Crippen LogP) is 0.954.